The fourth-order valence-corrected chi connectivity index (χ4v) is 5.34. The van der Waals surface area contributed by atoms with Gasteiger partial charge < -0.3 is 15.5 Å². The highest BCUT2D eigenvalue weighted by Gasteiger charge is 2.55. The molecule has 3 aliphatic rings. The van der Waals surface area contributed by atoms with E-state index in [1.807, 2.05) is 0 Å². The zero-order chi connectivity index (χ0) is 22.3. The summed E-state index contributed by atoms with van der Waals surface area (Å²) in [7, 11) is 0. The Balaban J connectivity index is 1.47. The summed E-state index contributed by atoms with van der Waals surface area (Å²) < 4.78 is 0. The molecule has 0 aromatic heterocycles. The van der Waals surface area contributed by atoms with Crippen LogP contribution in [0.2, 0.25) is 10.0 Å². The lowest BCUT2D eigenvalue weighted by molar-refractivity contribution is -0.144. The summed E-state index contributed by atoms with van der Waals surface area (Å²) in [5.74, 6) is -1.12. The normalized spacial score (nSPS) is 23.4. The smallest absolute Gasteiger partial charge is 0.325 e. The Morgan fingerprint density at radius 2 is 1.77 bits per heavy atom. The number of amides is 5. The van der Waals surface area contributed by atoms with E-state index in [0.29, 0.717) is 48.0 Å². The van der Waals surface area contributed by atoms with Crippen molar-refractivity contribution in [3.8, 4) is 0 Å². The SMILES string of the molecule is CC(C(=O)N1CCCC1C(=O)Nc1cc(Cl)cc(Cl)c1)N1C(=O)NC2(CCCC2)C1=O. The number of anilines is 1. The highest BCUT2D eigenvalue weighted by molar-refractivity contribution is 6.35. The van der Waals surface area contributed by atoms with Gasteiger partial charge in [0.2, 0.25) is 11.8 Å². The molecular formula is C21H24Cl2N4O4. The molecule has 0 bridgehead atoms. The van der Waals surface area contributed by atoms with E-state index < -0.39 is 29.6 Å². The number of hydrogen-bond donors (Lipinski definition) is 2. The molecule has 2 unspecified atom stereocenters. The van der Waals surface area contributed by atoms with Crippen LogP contribution < -0.4 is 10.6 Å². The molecule has 1 spiro atoms. The number of nitrogens with zero attached hydrogens (tertiary/aromatic N) is 2. The van der Waals surface area contributed by atoms with Gasteiger partial charge in [0.15, 0.2) is 0 Å². The third-order valence-corrected chi connectivity index (χ3v) is 6.80. The maximum atomic E-state index is 13.2. The van der Waals surface area contributed by atoms with E-state index >= 15 is 0 Å². The second kappa shape index (κ2) is 8.31. The number of benzene rings is 1. The van der Waals surface area contributed by atoms with Crippen molar-refractivity contribution in [1.82, 2.24) is 15.1 Å². The van der Waals surface area contributed by atoms with Crippen LogP contribution in [0.3, 0.4) is 0 Å². The van der Waals surface area contributed by atoms with Crippen molar-refractivity contribution in [3.63, 3.8) is 0 Å². The van der Waals surface area contributed by atoms with Crippen LogP contribution in [0.15, 0.2) is 18.2 Å². The van der Waals surface area contributed by atoms with Crippen LogP contribution in [-0.2, 0) is 14.4 Å². The average Bonchev–Trinajstić information content (AvgIpc) is 3.41. The Morgan fingerprint density at radius 1 is 1.13 bits per heavy atom. The van der Waals surface area contributed by atoms with Crippen LogP contribution in [0.4, 0.5) is 10.5 Å². The zero-order valence-electron chi connectivity index (χ0n) is 17.1. The van der Waals surface area contributed by atoms with Crippen molar-refractivity contribution < 1.29 is 19.2 Å². The molecule has 1 aromatic rings. The average molecular weight is 467 g/mol. The summed E-state index contributed by atoms with van der Waals surface area (Å²) in [6, 6.07) is 2.48. The lowest BCUT2D eigenvalue weighted by Gasteiger charge is -2.30. The molecule has 2 saturated heterocycles. The van der Waals surface area contributed by atoms with E-state index in [0.717, 1.165) is 17.7 Å². The Bertz CT molecular complexity index is 927. The van der Waals surface area contributed by atoms with Crippen molar-refractivity contribution in [2.75, 3.05) is 11.9 Å². The van der Waals surface area contributed by atoms with Crippen LogP contribution in [0.1, 0.15) is 45.4 Å². The molecular weight excluding hydrogens is 443 g/mol. The molecule has 2 atom stereocenters. The Hall–Kier alpha value is -2.32. The molecule has 2 heterocycles. The van der Waals surface area contributed by atoms with Crippen LogP contribution in [0.25, 0.3) is 0 Å². The van der Waals surface area contributed by atoms with E-state index in [-0.39, 0.29) is 11.8 Å². The maximum Gasteiger partial charge on any atom is 0.325 e. The predicted octanol–water partition coefficient (Wildman–Crippen LogP) is 3.18. The lowest BCUT2D eigenvalue weighted by Crippen LogP contribution is -2.53. The highest BCUT2D eigenvalue weighted by atomic mass is 35.5. The van der Waals surface area contributed by atoms with Crippen LogP contribution in [0.5, 0.6) is 0 Å². The van der Waals surface area contributed by atoms with Gasteiger partial charge >= 0.3 is 6.03 Å². The fraction of sp³-hybridized carbons (Fsp3) is 0.524. The van der Waals surface area contributed by atoms with Crippen LogP contribution in [0, 0.1) is 0 Å². The van der Waals surface area contributed by atoms with Gasteiger partial charge in [-0.05, 0) is 50.8 Å². The van der Waals surface area contributed by atoms with E-state index in [9.17, 15) is 19.2 Å². The molecule has 4 rings (SSSR count). The van der Waals surface area contributed by atoms with Crippen LogP contribution >= 0.6 is 23.2 Å². The number of imide groups is 1. The standard InChI is InChI=1S/C21H24Cl2N4O4/c1-12(27-19(30)21(25-20(27)31)6-2-3-7-21)18(29)26-8-4-5-16(26)17(28)24-15-10-13(22)9-14(23)11-15/h9-12,16H,2-8H2,1H3,(H,24,28)(H,25,31). The minimum atomic E-state index is -0.985. The molecule has 10 heteroatoms. The minimum Gasteiger partial charge on any atom is -0.329 e. The monoisotopic (exact) mass is 466 g/mol. The molecule has 166 valence electrons. The molecule has 3 fully saturated rings. The van der Waals surface area contributed by atoms with Crippen LogP contribution in [-0.4, -0.2) is 57.7 Å². The first-order chi connectivity index (χ1) is 14.7. The van der Waals surface area contributed by atoms with Crippen molar-refractivity contribution in [3.05, 3.63) is 28.2 Å². The second-order valence-electron chi connectivity index (χ2n) is 8.41. The first kappa shape index (κ1) is 21.9. The Labute approximate surface area is 190 Å². The number of likely N-dealkylation sites (tertiary alicyclic amines) is 1. The van der Waals surface area contributed by atoms with E-state index in [1.54, 1.807) is 18.2 Å². The van der Waals surface area contributed by atoms with Gasteiger partial charge in [-0.1, -0.05) is 36.0 Å². The van der Waals surface area contributed by atoms with Gasteiger partial charge in [0, 0.05) is 22.3 Å². The first-order valence-corrected chi connectivity index (χ1v) is 11.2. The van der Waals surface area contributed by atoms with Crippen molar-refractivity contribution >= 4 is 52.6 Å². The molecule has 5 amide bonds. The predicted molar refractivity (Wildman–Crippen MR) is 116 cm³/mol. The summed E-state index contributed by atoms with van der Waals surface area (Å²) >= 11 is 12.0. The fourth-order valence-electron chi connectivity index (χ4n) is 4.82. The summed E-state index contributed by atoms with van der Waals surface area (Å²) in [4.78, 5) is 54.1. The van der Waals surface area contributed by atoms with E-state index in [1.165, 1.54) is 11.8 Å². The number of rotatable bonds is 4. The van der Waals surface area contributed by atoms with E-state index in [2.05, 4.69) is 10.6 Å². The quantitative estimate of drug-likeness (QED) is 0.665. The molecule has 1 aromatic carbocycles. The minimum absolute atomic E-state index is 0.343. The Morgan fingerprint density at radius 3 is 2.42 bits per heavy atom. The molecule has 2 N–H and O–H groups in total. The topological polar surface area (TPSA) is 98.8 Å². The van der Waals surface area contributed by atoms with Gasteiger partial charge in [-0.2, -0.15) is 0 Å². The van der Waals surface area contributed by atoms with Gasteiger partial charge in [0.1, 0.15) is 17.6 Å². The summed E-state index contributed by atoms with van der Waals surface area (Å²) in [6.45, 7) is 1.92. The number of carbonyl (C=O) groups excluding carboxylic acids is 4. The molecule has 1 aliphatic carbocycles. The van der Waals surface area contributed by atoms with Crippen molar-refractivity contribution in [2.24, 2.45) is 0 Å². The van der Waals surface area contributed by atoms with Gasteiger partial charge in [-0.15, -0.1) is 0 Å². The third kappa shape index (κ3) is 3.99. The highest BCUT2D eigenvalue weighted by Crippen LogP contribution is 2.36. The molecule has 31 heavy (non-hydrogen) atoms. The summed E-state index contributed by atoms with van der Waals surface area (Å²) in [5.41, 5.74) is -0.439. The molecule has 1 saturated carbocycles. The molecule has 8 nitrogen and oxygen atoms in total. The zero-order valence-corrected chi connectivity index (χ0v) is 18.6. The molecule has 0 radical (unpaired) electrons. The second-order valence-corrected chi connectivity index (χ2v) is 9.28. The first-order valence-electron chi connectivity index (χ1n) is 10.5. The molecule has 2 aliphatic heterocycles. The van der Waals surface area contributed by atoms with Crippen molar-refractivity contribution in [1.29, 1.82) is 0 Å². The van der Waals surface area contributed by atoms with Gasteiger partial charge in [0.05, 0.1) is 0 Å². The number of hydrogen-bond acceptors (Lipinski definition) is 4. The number of nitrogens with one attached hydrogen (secondary N) is 2. The number of urea groups is 1. The summed E-state index contributed by atoms with van der Waals surface area (Å²) in [5, 5.41) is 6.32. The maximum absolute atomic E-state index is 13.2. The Kier molecular flexibility index (Phi) is 5.87. The van der Waals surface area contributed by atoms with Gasteiger partial charge in [-0.3, -0.25) is 14.4 Å². The number of carbonyl (C=O) groups is 4. The lowest BCUT2D eigenvalue weighted by atomic mass is 9.97. The largest absolute Gasteiger partial charge is 0.329 e. The van der Waals surface area contributed by atoms with Crippen molar-refractivity contribution in [2.45, 2.75) is 63.1 Å². The third-order valence-electron chi connectivity index (χ3n) is 6.36. The van der Waals surface area contributed by atoms with Gasteiger partial charge in [-0.25, -0.2) is 9.69 Å². The van der Waals surface area contributed by atoms with Gasteiger partial charge in [0.25, 0.3) is 5.91 Å². The van der Waals surface area contributed by atoms with E-state index in [4.69, 9.17) is 23.2 Å². The number of halogens is 2. The summed E-state index contributed by atoms with van der Waals surface area (Å²) in [6.07, 6.45) is 4.05.